The van der Waals surface area contributed by atoms with E-state index in [1.54, 1.807) is 10.9 Å². The van der Waals surface area contributed by atoms with E-state index in [0.717, 1.165) is 0 Å². The van der Waals surface area contributed by atoms with Gasteiger partial charge in [-0.3, -0.25) is 4.90 Å². The maximum Gasteiger partial charge on any atom is 0.401 e. The Morgan fingerprint density at radius 2 is 2.07 bits per heavy atom. The van der Waals surface area contributed by atoms with Crippen molar-refractivity contribution in [1.82, 2.24) is 19.9 Å². The molecule has 7 heteroatoms. The van der Waals surface area contributed by atoms with Gasteiger partial charge in [0.05, 0.1) is 18.8 Å². The number of likely N-dealkylation sites (tertiary alicyclic amines) is 1. The van der Waals surface area contributed by atoms with Crippen LogP contribution in [-0.4, -0.2) is 45.7 Å². The van der Waals surface area contributed by atoms with Crippen molar-refractivity contribution in [3.8, 4) is 0 Å². The molecular formula is C7H9F3N4. The molecule has 2 rings (SSSR count). The van der Waals surface area contributed by atoms with Crippen LogP contribution in [0.4, 0.5) is 13.2 Å². The summed E-state index contributed by atoms with van der Waals surface area (Å²) < 4.78 is 37.4. The molecule has 4 nitrogen and oxygen atoms in total. The van der Waals surface area contributed by atoms with Gasteiger partial charge in [0.25, 0.3) is 0 Å². The molecule has 0 amide bonds. The molecule has 1 saturated heterocycles. The zero-order valence-electron chi connectivity index (χ0n) is 7.28. The van der Waals surface area contributed by atoms with Gasteiger partial charge in [0.1, 0.15) is 0 Å². The second kappa shape index (κ2) is 3.23. The first-order valence-corrected chi connectivity index (χ1v) is 4.19. The number of nitrogens with zero attached hydrogens (tertiary/aromatic N) is 4. The van der Waals surface area contributed by atoms with Crippen molar-refractivity contribution in [2.45, 2.75) is 12.2 Å². The van der Waals surface area contributed by atoms with Crippen LogP contribution in [-0.2, 0) is 0 Å². The van der Waals surface area contributed by atoms with Crippen molar-refractivity contribution >= 4 is 0 Å². The topological polar surface area (TPSA) is 34.0 Å². The highest BCUT2D eigenvalue weighted by Gasteiger charge is 2.37. The molecule has 0 spiro atoms. The van der Waals surface area contributed by atoms with Gasteiger partial charge in [-0.15, -0.1) is 5.10 Å². The Morgan fingerprint density at radius 3 is 2.57 bits per heavy atom. The van der Waals surface area contributed by atoms with E-state index in [2.05, 4.69) is 10.3 Å². The van der Waals surface area contributed by atoms with Crippen molar-refractivity contribution in [2.24, 2.45) is 0 Å². The molecule has 0 unspecified atom stereocenters. The third kappa shape index (κ3) is 2.03. The van der Waals surface area contributed by atoms with Crippen LogP contribution in [0.3, 0.4) is 0 Å². The van der Waals surface area contributed by atoms with E-state index < -0.39 is 12.7 Å². The average Bonchev–Trinajstić information content (AvgIpc) is 2.45. The van der Waals surface area contributed by atoms with E-state index in [1.165, 1.54) is 11.1 Å². The van der Waals surface area contributed by atoms with Crippen molar-refractivity contribution in [1.29, 1.82) is 0 Å². The molecule has 78 valence electrons. The second-order valence-electron chi connectivity index (χ2n) is 3.35. The fraction of sp³-hybridized carbons (Fsp3) is 0.714. The van der Waals surface area contributed by atoms with Gasteiger partial charge in [0.15, 0.2) is 0 Å². The zero-order valence-corrected chi connectivity index (χ0v) is 7.28. The van der Waals surface area contributed by atoms with Crippen LogP contribution in [0.15, 0.2) is 12.4 Å². The van der Waals surface area contributed by atoms with Crippen LogP contribution in [0.5, 0.6) is 0 Å². The zero-order chi connectivity index (χ0) is 10.2. The number of rotatable bonds is 2. The van der Waals surface area contributed by atoms with E-state index in [0.29, 0.717) is 13.1 Å². The minimum atomic E-state index is -4.10. The molecule has 0 saturated carbocycles. The van der Waals surface area contributed by atoms with Gasteiger partial charge in [-0.1, -0.05) is 5.21 Å². The van der Waals surface area contributed by atoms with Crippen LogP contribution < -0.4 is 0 Å². The highest BCUT2D eigenvalue weighted by atomic mass is 19.4. The van der Waals surface area contributed by atoms with E-state index in [1.807, 2.05) is 0 Å². The van der Waals surface area contributed by atoms with Crippen LogP contribution >= 0.6 is 0 Å². The first kappa shape index (κ1) is 9.45. The maximum absolute atomic E-state index is 11.9. The number of halogens is 3. The molecule has 1 aromatic heterocycles. The lowest BCUT2D eigenvalue weighted by Crippen LogP contribution is -2.51. The Morgan fingerprint density at radius 1 is 1.36 bits per heavy atom. The highest BCUT2D eigenvalue weighted by molar-refractivity contribution is 4.86. The van der Waals surface area contributed by atoms with Crippen LogP contribution in [0.1, 0.15) is 6.04 Å². The molecule has 0 N–H and O–H groups in total. The molecule has 2 heterocycles. The highest BCUT2D eigenvalue weighted by Crippen LogP contribution is 2.25. The van der Waals surface area contributed by atoms with Crippen molar-refractivity contribution in [2.75, 3.05) is 19.6 Å². The van der Waals surface area contributed by atoms with Gasteiger partial charge in [0, 0.05) is 19.3 Å². The minimum Gasteiger partial charge on any atom is -0.291 e. The normalized spacial score (nSPS) is 19.6. The predicted molar refractivity (Wildman–Crippen MR) is 41.6 cm³/mol. The Kier molecular flexibility index (Phi) is 2.18. The molecule has 14 heavy (non-hydrogen) atoms. The Balaban J connectivity index is 1.80. The maximum atomic E-state index is 11.9. The van der Waals surface area contributed by atoms with E-state index in [9.17, 15) is 13.2 Å². The average molecular weight is 206 g/mol. The van der Waals surface area contributed by atoms with Gasteiger partial charge in [-0.25, -0.2) is 4.68 Å². The van der Waals surface area contributed by atoms with E-state index in [4.69, 9.17) is 0 Å². The van der Waals surface area contributed by atoms with Crippen LogP contribution in [0.25, 0.3) is 0 Å². The molecule has 1 aromatic rings. The summed E-state index contributed by atoms with van der Waals surface area (Å²) in [4.78, 5) is 1.34. The van der Waals surface area contributed by atoms with Gasteiger partial charge >= 0.3 is 6.18 Å². The molecule has 1 aliphatic heterocycles. The van der Waals surface area contributed by atoms with Crippen molar-refractivity contribution < 1.29 is 13.2 Å². The third-order valence-electron chi connectivity index (χ3n) is 2.16. The van der Waals surface area contributed by atoms with E-state index in [-0.39, 0.29) is 6.04 Å². The first-order valence-electron chi connectivity index (χ1n) is 4.19. The molecular weight excluding hydrogens is 197 g/mol. The van der Waals surface area contributed by atoms with Crippen LogP contribution in [0, 0.1) is 0 Å². The molecule has 0 bridgehead atoms. The lowest BCUT2D eigenvalue weighted by molar-refractivity contribution is -0.157. The fourth-order valence-corrected chi connectivity index (χ4v) is 1.50. The summed E-state index contributed by atoms with van der Waals surface area (Å²) in [5, 5.41) is 7.32. The predicted octanol–water partition coefficient (Wildman–Crippen LogP) is 0.697. The Hall–Kier alpha value is -1.11. The van der Waals surface area contributed by atoms with Crippen molar-refractivity contribution in [3.63, 3.8) is 0 Å². The third-order valence-corrected chi connectivity index (χ3v) is 2.16. The van der Waals surface area contributed by atoms with Gasteiger partial charge < -0.3 is 0 Å². The van der Waals surface area contributed by atoms with Crippen molar-refractivity contribution in [3.05, 3.63) is 12.4 Å². The molecule has 1 fully saturated rings. The smallest absolute Gasteiger partial charge is 0.291 e. The Labute approximate surface area is 78.3 Å². The number of hydrogen-bond acceptors (Lipinski definition) is 3. The fourth-order valence-electron chi connectivity index (χ4n) is 1.50. The van der Waals surface area contributed by atoms with Gasteiger partial charge in [-0.2, -0.15) is 13.2 Å². The lowest BCUT2D eigenvalue weighted by Gasteiger charge is -2.38. The lowest BCUT2D eigenvalue weighted by atomic mass is 10.1. The van der Waals surface area contributed by atoms with Crippen LogP contribution in [0.2, 0.25) is 0 Å². The largest absolute Gasteiger partial charge is 0.401 e. The number of aromatic nitrogens is 3. The summed E-state index contributed by atoms with van der Waals surface area (Å²) in [6.07, 6.45) is -0.921. The molecule has 0 radical (unpaired) electrons. The summed E-state index contributed by atoms with van der Waals surface area (Å²) in [7, 11) is 0. The summed E-state index contributed by atoms with van der Waals surface area (Å²) in [5.41, 5.74) is 0. The summed E-state index contributed by atoms with van der Waals surface area (Å²) in [6.45, 7) is -0.0516. The molecule has 0 aliphatic carbocycles. The quantitative estimate of drug-likeness (QED) is 0.714. The monoisotopic (exact) mass is 206 g/mol. The summed E-state index contributed by atoms with van der Waals surface area (Å²) >= 11 is 0. The summed E-state index contributed by atoms with van der Waals surface area (Å²) in [5.74, 6) is 0. The Bertz CT molecular complexity index is 288. The minimum absolute atomic E-state index is 0.0415. The molecule has 0 aromatic carbocycles. The van der Waals surface area contributed by atoms with Gasteiger partial charge in [0.2, 0.25) is 0 Å². The van der Waals surface area contributed by atoms with Gasteiger partial charge in [-0.05, 0) is 0 Å². The second-order valence-corrected chi connectivity index (χ2v) is 3.35. The summed E-state index contributed by atoms with van der Waals surface area (Å²) in [6, 6.07) is 0.0415. The standard InChI is InChI=1S/C7H9F3N4/c8-7(9,10)5-13-3-6(4-13)14-2-1-11-12-14/h1-2,6H,3-5H2. The SMILES string of the molecule is FC(F)(F)CN1CC(n2ccnn2)C1. The number of hydrogen-bond donors (Lipinski definition) is 0. The molecule has 0 atom stereocenters. The van der Waals surface area contributed by atoms with E-state index >= 15 is 0 Å². The number of alkyl halides is 3. The first-order chi connectivity index (χ1) is 6.54. The molecule has 1 aliphatic rings.